The van der Waals surface area contributed by atoms with E-state index in [1.807, 2.05) is 24.3 Å². The van der Waals surface area contributed by atoms with Crippen molar-refractivity contribution in [2.45, 2.75) is 0 Å². The highest BCUT2D eigenvalue weighted by atomic mass is 14.0. The predicted molar refractivity (Wildman–Crippen MR) is 42.4 cm³/mol. The second kappa shape index (κ2) is 2.09. The molecular formula is C10H7+. The molecule has 1 aliphatic carbocycles. The van der Waals surface area contributed by atoms with Crippen molar-refractivity contribution in [3.05, 3.63) is 53.6 Å². The minimum Gasteiger partial charge on any atom is -0.0418 e. The molecule has 0 heterocycles. The maximum atomic E-state index is 3.15. The molecule has 0 spiro atoms. The number of hydrogen-bond acceptors (Lipinski definition) is 0. The summed E-state index contributed by atoms with van der Waals surface area (Å²) in [6.07, 6.45) is 9.18. The Kier molecular flexibility index (Phi) is 1.13. The first-order chi connectivity index (χ1) is 4.97. The topological polar surface area (TPSA) is 0 Å². The van der Waals surface area contributed by atoms with Crippen LogP contribution in [0.3, 0.4) is 0 Å². The molecule has 0 heteroatoms. The molecule has 0 saturated heterocycles. The van der Waals surface area contributed by atoms with E-state index in [1.165, 1.54) is 11.1 Å². The van der Waals surface area contributed by atoms with Gasteiger partial charge in [-0.1, -0.05) is 0 Å². The molecule has 1 aromatic carbocycles. The molecule has 1 aromatic rings. The van der Waals surface area contributed by atoms with Crippen molar-refractivity contribution in [3.8, 4) is 0 Å². The summed E-state index contributed by atoms with van der Waals surface area (Å²) in [6.45, 7) is 0. The van der Waals surface area contributed by atoms with Gasteiger partial charge < -0.3 is 0 Å². The zero-order valence-corrected chi connectivity index (χ0v) is 5.54. The van der Waals surface area contributed by atoms with Crippen LogP contribution in [0, 0.1) is 6.08 Å². The molecule has 0 aliphatic heterocycles. The van der Waals surface area contributed by atoms with E-state index in [0.717, 1.165) is 0 Å². The second-order valence-corrected chi connectivity index (χ2v) is 2.26. The normalized spacial score (nSPS) is 12.4. The van der Waals surface area contributed by atoms with Gasteiger partial charge in [-0.25, -0.2) is 0 Å². The van der Waals surface area contributed by atoms with Crippen LogP contribution in [0.2, 0.25) is 0 Å². The summed E-state index contributed by atoms with van der Waals surface area (Å²) in [6, 6.07) is 8.22. The van der Waals surface area contributed by atoms with Gasteiger partial charge in [-0.15, -0.1) is 0 Å². The van der Waals surface area contributed by atoms with Crippen LogP contribution in [-0.2, 0) is 0 Å². The van der Waals surface area contributed by atoms with Crippen LogP contribution in [-0.4, -0.2) is 0 Å². The van der Waals surface area contributed by atoms with E-state index >= 15 is 0 Å². The monoisotopic (exact) mass is 127 g/mol. The molecule has 0 bridgehead atoms. The number of rotatable bonds is 0. The molecule has 0 fully saturated rings. The Hall–Kier alpha value is -1.39. The van der Waals surface area contributed by atoms with Gasteiger partial charge in [0.1, 0.15) is 0 Å². The summed E-state index contributed by atoms with van der Waals surface area (Å²) in [5.74, 6) is 0. The number of hydrogen-bond donors (Lipinski definition) is 0. The van der Waals surface area contributed by atoms with Crippen LogP contribution in [0.25, 0.3) is 6.08 Å². The molecule has 0 N–H and O–H groups in total. The molecule has 0 unspecified atom stereocenters. The lowest BCUT2D eigenvalue weighted by atomic mass is 10.0. The fourth-order valence-corrected chi connectivity index (χ4v) is 1.06. The van der Waals surface area contributed by atoms with E-state index < -0.39 is 0 Å². The highest BCUT2D eigenvalue weighted by Gasteiger charge is 2.05. The highest BCUT2D eigenvalue weighted by molar-refractivity contribution is 5.59. The summed E-state index contributed by atoms with van der Waals surface area (Å²) in [7, 11) is 0. The van der Waals surface area contributed by atoms with Crippen molar-refractivity contribution < 1.29 is 0 Å². The van der Waals surface area contributed by atoms with Crippen molar-refractivity contribution in [2.75, 3.05) is 0 Å². The lowest BCUT2D eigenvalue weighted by Crippen LogP contribution is -1.82. The van der Waals surface area contributed by atoms with Crippen molar-refractivity contribution in [1.29, 1.82) is 0 Å². The minimum atomic E-state index is 1.19. The van der Waals surface area contributed by atoms with Crippen LogP contribution in [0.4, 0.5) is 0 Å². The Balaban J connectivity index is 2.65. The Labute approximate surface area is 60.5 Å². The minimum absolute atomic E-state index is 1.19. The van der Waals surface area contributed by atoms with E-state index in [0.29, 0.717) is 0 Å². The highest BCUT2D eigenvalue weighted by Crippen LogP contribution is 2.13. The van der Waals surface area contributed by atoms with Crippen LogP contribution in [0.1, 0.15) is 11.1 Å². The number of allylic oxidation sites excluding steroid dienone is 2. The maximum absolute atomic E-state index is 3.15. The summed E-state index contributed by atoms with van der Waals surface area (Å²) >= 11 is 0. The van der Waals surface area contributed by atoms with E-state index in [2.05, 4.69) is 24.3 Å². The van der Waals surface area contributed by atoms with Crippen molar-refractivity contribution >= 4 is 6.08 Å². The van der Waals surface area contributed by atoms with E-state index in [4.69, 9.17) is 0 Å². The maximum Gasteiger partial charge on any atom is 0.155 e. The third kappa shape index (κ3) is 0.754. The van der Waals surface area contributed by atoms with Gasteiger partial charge >= 0.3 is 0 Å². The molecule has 2 rings (SSSR count). The number of fused-ring (bicyclic) bond motifs is 1. The molecule has 0 radical (unpaired) electrons. The molecule has 46 valence electrons. The third-order valence-corrected chi connectivity index (χ3v) is 1.57. The Morgan fingerprint density at radius 3 is 2.90 bits per heavy atom. The number of benzene rings is 1. The van der Waals surface area contributed by atoms with Crippen molar-refractivity contribution in [1.82, 2.24) is 0 Å². The molecule has 0 aromatic heterocycles. The van der Waals surface area contributed by atoms with Crippen molar-refractivity contribution in [3.63, 3.8) is 0 Å². The fourth-order valence-electron chi connectivity index (χ4n) is 1.06. The van der Waals surface area contributed by atoms with E-state index in [1.54, 1.807) is 0 Å². The molecule has 10 heavy (non-hydrogen) atoms. The molecular weight excluding hydrogens is 120 g/mol. The Bertz CT molecular complexity index is 262. The quantitative estimate of drug-likeness (QED) is 0.469. The van der Waals surface area contributed by atoms with E-state index in [9.17, 15) is 0 Å². The summed E-state index contributed by atoms with van der Waals surface area (Å²) in [4.78, 5) is 0. The fraction of sp³-hybridized carbons (Fsp3) is 0. The molecule has 1 aliphatic rings. The van der Waals surface area contributed by atoms with Gasteiger partial charge in [0, 0.05) is 24.3 Å². The lowest BCUT2D eigenvalue weighted by molar-refractivity contribution is 1.51. The van der Waals surface area contributed by atoms with Gasteiger partial charge in [-0.3, -0.25) is 0 Å². The first-order valence-electron chi connectivity index (χ1n) is 3.32. The zero-order valence-electron chi connectivity index (χ0n) is 5.54. The van der Waals surface area contributed by atoms with Gasteiger partial charge in [0.25, 0.3) is 0 Å². The van der Waals surface area contributed by atoms with Gasteiger partial charge in [-0.2, -0.15) is 0 Å². The second-order valence-electron chi connectivity index (χ2n) is 2.26. The van der Waals surface area contributed by atoms with Gasteiger partial charge in [0.15, 0.2) is 5.56 Å². The van der Waals surface area contributed by atoms with Crippen LogP contribution in [0.15, 0.2) is 36.4 Å². The smallest absolute Gasteiger partial charge is 0.0418 e. The average Bonchev–Trinajstić information content (AvgIpc) is 2.05. The van der Waals surface area contributed by atoms with E-state index in [-0.39, 0.29) is 0 Å². The Morgan fingerprint density at radius 2 is 2.00 bits per heavy atom. The van der Waals surface area contributed by atoms with Crippen molar-refractivity contribution in [2.24, 2.45) is 0 Å². The molecule has 0 amide bonds. The molecule has 0 atom stereocenters. The SMILES string of the molecule is [C+]1=CC=Cc2ccccc21. The average molecular weight is 127 g/mol. The zero-order chi connectivity index (χ0) is 6.81. The summed E-state index contributed by atoms with van der Waals surface area (Å²) < 4.78 is 0. The van der Waals surface area contributed by atoms with Crippen LogP contribution in [0.5, 0.6) is 0 Å². The summed E-state index contributed by atoms with van der Waals surface area (Å²) in [5.41, 5.74) is 2.44. The lowest BCUT2D eigenvalue weighted by Gasteiger charge is -1.91. The largest absolute Gasteiger partial charge is 0.155 e. The first-order valence-corrected chi connectivity index (χ1v) is 3.32. The van der Waals surface area contributed by atoms with Crippen LogP contribution >= 0.6 is 0 Å². The third-order valence-electron chi connectivity index (χ3n) is 1.57. The van der Waals surface area contributed by atoms with Crippen LogP contribution < -0.4 is 0 Å². The molecule has 0 nitrogen and oxygen atoms in total. The summed E-state index contributed by atoms with van der Waals surface area (Å²) in [5, 5.41) is 0. The molecule has 0 saturated carbocycles. The van der Waals surface area contributed by atoms with Gasteiger partial charge in [0.2, 0.25) is 0 Å². The Morgan fingerprint density at radius 1 is 1.10 bits per heavy atom. The predicted octanol–water partition coefficient (Wildman–Crippen LogP) is 2.42. The van der Waals surface area contributed by atoms with Gasteiger partial charge in [0.05, 0.1) is 11.6 Å². The van der Waals surface area contributed by atoms with Gasteiger partial charge in [-0.05, 0) is 18.2 Å². The first kappa shape index (κ1) is 5.40. The standard InChI is InChI=1S/C10H7/c1-2-6-10-8-4-3-7-9(10)5-1/h1-7H/q+1.